The van der Waals surface area contributed by atoms with Crippen molar-refractivity contribution in [2.24, 2.45) is 0 Å². The Bertz CT molecular complexity index is 1030. The van der Waals surface area contributed by atoms with E-state index in [1.54, 1.807) is 12.1 Å². The number of alkyl halides is 2. The van der Waals surface area contributed by atoms with E-state index in [0.29, 0.717) is 5.56 Å². The monoisotopic (exact) mass is 456 g/mol. The number of para-hydroxylation sites is 1. The predicted octanol–water partition coefficient (Wildman–Crippen LogP) is 2.25. The van der Waals surface area contributed by atoms with E-state index >= 15 is 0 Å². The molecule has 8 nitrogen and oxygen atoms in total. The minimum absolute atomic E-state index is 0.0527. The third kappa shape index (κ3) is 5.49. The Morgan fingerprint density at radius 3 is 2.55 bits per heavy atom. The Labute approximate surface area is 178 Å². The molecule has 0 aromatic heterocycles. The highest BCUT2D eigenvalue weighted by Gasteiger charge is 2.30. The minimum Gasteiger partial charge on any atom is -0.495 e. The fourth-order valence-corrected chi connectivity index (χ4v) is 4.67. The topological polar surface area (TPSA) is 94.2 Å². The number of benzene rings is 2. The van der Waals surface area contributed by atoms with Crippen LogP contribution in [0.2, 0.25) is 0 Å². The number of methoxy groups -OCH3 is 1. The Morgan fingerprint density at radius 2 is 1.87 bits per heavy atom. The molecular weight excluding hydrogens is 434 g/mol. The molecule has 0 radical (unpaired) electrons. The maximum Gasteiger partial charge on any atom is 0.387 e. The third-order valence-corrected chi connectivity index (χ3v) is 6.56. The van der Waals surface area contributed by atoms with Gasteiger partial charge in [-0.2, -0.15) is 13.1 Å². The van der Waals surface area contributed by atoms with Gasteiger partial charge in [0.05, 0.1) is 20.3 Å². The van der Waals surface area contributed by atoms with Gasteiger partial charge in [-0.3, -0.25) is 4.79 Å². The van der Waals surface area contributed by atoms with Gasteiger partial charge in [0.2, 0.25) is 10.0 Å². The highest BCUT2D eigenvalue weighted by Crippen LogP contribution is 2.28. The summed E-state index contributed by atoms with van der Waals surface area (Å²) >= 11 is 0. The van der Waals surface area contributed by atoms with Gasteiger partial charge in [0, 0.05) is 30.8 Å². The smallest absolute Gasteiger partial charge is 0.387 e. The molecule has 1 N–H and O–H groups in total. The Morgan fingerprint density at radius 1 is 1.16 bits per heavy atom. The molecule has 0 unspecified atom stereocenters. The molecule has 1 saturated heterocycles. The molecule has 0 bridgehead atoms. The van der Waals surface area contributed by atoms with Gasteiger partial charge in [0.1, 0.15) is 16.4 Å². The van der Waals surface area contributed by atoms with Gasteiger partial charge in [0.25, 0.3) is 5.91 Å². The molecule has 0 saturated carbocycles. The fourth-order valence-electron chi connectivity index (χ4n) is 3.08. The van der Waals surface area contributed by atoms with Crippen LogP contribution in [-0.2, 0) is 21.3 Å². The molecule has 31 heavy (non-hydrogen) atoms. The SMILES string of the molecule is COc1ccc(C(=O)NCc2ccccc2OC(F)F)cc1S(=O)(=O)N1CCOCC1. The van der Waals surface area contributed by atoms with Crippen molar-refractivity contribution in [1.29, 1.82) is 0 Å². The summed E-state index contributed by atoms with van der Waals surface area (Å²) in [6.07, 6.45) is 0. The number of hydrogen-bond donors (Lipinski definition) is 1. The molecule has 2 aromatic carbocycles. The average Bonchev–Trinajstić information content (AvgIpc) is 2.78. The highest BCUT2D eigenvalue weighted by atomic mass is 32.2. The zero-order valence-electron chi connectivity index (χ0n) is 16.7. The van der Waals surface area contributed by atoms with Crippen molar-refractivity contribution < 1.29 is 36.2 Å². The number of morpholine rings is 1. The zero-order valence-corrected chi connectivity index (χ0v) is 17.5. The molecule has 168 valence electrons. The molecule has 11 heteroatoms. The largest absolute Gasteiger partial charge is 0.495 e. The number of amides is 1. The number of carbonyl (C=O) groups excluding carboxylic acids is 1. The predicted molar refractivity (Wildman–Crippen MR) is 107 cm³/mol. The van der Waals surface area contributed by atoms with Gasteiger partial charge in [0.15, 0.2) is 0 Å². The van der Waals surface area contributed by atoms with Crippen molar-refractivity contribution in [3.8, 4) is 11.5 Å². The number of carbonyl (C=O) groups is 1. The third-order valence-electron chi connectivity index (χ3n) is 4.64. The van der Waals surface area contributed by atoms with Crippen molar-refractivity contribution in [3.05, 3.63) is 53.6 Å². The van der Waals surface area contributed by atoms with Crippen LogP contribution in [0.5, 0.6) is 11.5 Å². The first-order valence-corrected chi connectivity index (χ1v) is 10.8. The van der Waals surface area contributed by atoms with Gasteiger partial charge in [-0.15, -0.1) is 0 Å². The Hall–Kier alpha value is -2.76. The molecule has 0 spiro atoms. The van der Waals surface area contributed by atoms with E-state index in [9.17, 15) is 22.0 Å². The number of hydrogen-bond acceptors (Lipinski definition) is 6. The standard InChI is InChI=1S/C20H22F2N2O6S/c1-28-17-7-6-14(12-18(17)31(26,27)24-8-10-29-11-9-24)19(25)23-13-15-4-2-3-5-16(15)30-20(21)22/h2-7,12,20H,8-11,13H2,1H3,(H,23,25). The van der Waals surface area contributed by atoms with Crippen LogP contribution >= 0.6 is 0 Å². The molecule has 1 amide bonds. The van der Waals surface area contributed by atoms with Crippen LogP contribution in [0.3, 0.4) is 0 Å². The fraction of sp³-hybridized carbons (Fsp3) is 0.350. The summed E-state index contributed by atoms with van der Waals surface area (Å²) in [5.41, 5.74) is 0.436. The molecule has 0 atom stereocenters. The van der Waals surface area contributed by atoms with Crippen molar-refractivity contribution >= 4 is 15.9 Å². The highest BCUT2D eigenvalue weighted by molar-refractivity contribution is 7.89. The van der Waals surface area contributed by atoms with Crippen molar-refractivity contribution in [3.63, 3.8) is 0 Å². The number of nitrogens with zero attached hydrogens (tertiary/aromatic N) is 1. The van der Waals surface area contributed by atoms with Crippen molar-refractivity contribution in [1.82, 2.24) is 9.62 Å². The van der Waals surface area contributed by atoms with Crippen molar-refractivity contribution in [2.75, 3.05) is 33.4 Å². The van der Waals surface area contributed by atoms with Crippen LogP contribution in [0.25, 0.3) is 0 Å². The molecule has 1 heterocycles. The van der Waals surface area contributed by atoms with Gasteiger partial charge in [-0.05, 0) is 24.3 Å². The molecular formula is C20H22F2N2O6S. The first-order valence-electron chi connectivity index (χ1n) is 9.40. The zero-order chi connectivity index (χ0) is 22.4. The number of nitrogens with one attached hydrogen (secondary N) is 1. The van der Waals surface area contributed by atoms with Crippen LogP contribution in [0, 0.1) is 0 Å². The lowest BCUT2D eigenvalue weighted by atomic mass is 10.1. The lowest BCUT2D eigenvalue weighted by Crippen LogP contribution is -2.40. The number of sulfonamides is 1. The lowest BCUT2D eigenvalue weighted by molar-refractivity contribution is -0.0504. The summed E-state index contributed by atoms with van der Waals surface area (Å²) in [4.78, 5) is 12.5. The summed E-state index contributed by atoms with van der Waals surface area (Å²) in [6, 6.07) is 10.1. The van der Waals surface area contributed by atoms with Crippen LogP contribution in [0.15, 0.2) is 47.4 Å². The van der Waals surface area contributed by atoms with Gasteiger partial charge in [-0.25, -0.2) is 8.42 Å². The molecule has 1 aliphatic rings. The number of halogens is 2. The number of ether oxygens (including phenoxy) is 3. The molecule has 1 fully saturated rings. The van der Waals surface area contributed by atoms with E-state index in [2.05, 4.69) is 10.1 Å². The summed E-state index contributed by atoms with van der Waals surface area (Å²) in [5.74, 6) is -0.519. The van der Waals surface area contributed by atoms with Gasteiger partial charge < -0.3 is 19.5 Å². The first-order chi connectivity index (χ1) is 14.8. The molecule has 2 aromatic rings. The second kappa shape index (κ2) is 10.0. The minimum atomic E-state index is -3.90. The Kier molecular flexibility index (Phi) is 7.42. The molecule has 1 aliphatic heterocycles. The van der Waals surface area contributed by atoms with Gasteiger partial charge >= 0.3 is 6.61 Å². The second-order valence-electron chi connectivity index (χ2n) is 6.55. The van der Waals surface area contributed by atoms with E-state index in [0.717, 1.165) is 0 Å². The van der Waals surface area contributed by atoms with Crippen molar-refractivity contribution in [2.45, 2.75) is 18.1 Å². The van der Waals surface area contributed by atoms with E-state index in [4.69, 9.17) is 9.47 Å². The van der Waals surface area contributed by atoms with Gasteiger partial charge in [-0.1, -0.05) is 18.2 Å². The molecule has 3 rings (SSSR count). The summed E-state index contributed by atoms with van der Waals surface area (Å²) in [7, 11) is -2.56. The maximum atomic E-state index is 13.0. The second-order valence-corrected chi connectivity index (χ2v) is 8.46. The quantitative estimate of drug-likeness (QED) is 0.655. The summed E-state index contributed by atoms with van der Waals surface area (Å²) in [5, 5.41) is 2.59. The van der Waals surface area contributed by atoms with E-state index < -0.39 is 22.5 Å². The van der Waals surface area contributed by atoms with E-state index in [1.165, 1.54) is 41.7 Å². The normalized spacial score (nSPS) is 15.0. The summed E-state index contributed by atoms with van der Waals surface area (Å²) < 4.78 is 67.3. The first kappa shape index (κ1) is 22.9. The van der Waals surface area contributed by atoms with E-state index in [1.807, 2.05) is 0 Å². The van der Waals surface area contributed by atoms with Crippen LogP contribution in [-0.4, -0.2) is 58.7 Å². The van der Waals surface area contributed by atoms with Crippen LogP contribution in [0.4, 0.5) is 8.78 Å². The van der Waals surface area contributed by atoms with Crippen LogP contribution in [0.1, 0.15) is 15.9 Å². The van der Waals surface area contributed by atoms with Crippen LogP contribution < -0.4 is 14.8 Å². The maximum absolute atomic E-state index is 13.0. The average molecular weight is 456 g/mol. The lowest BCUT2D eigenvalue weighted by Gasteiger charge is -2.26. The number of rotatable bonds is 8. The summed E-state index contributed by atoms with van der Waals surface area (Å²) in [6.45, 7) is -2.12. The van der Waals surface area contributed by atoms with E-state index in [-0.39, 0.29) is 54.8 Å². The molecule has 0 aliphatic carbocycles. The Balaban J connectivity index is 1.80.